The Bertz CT molecular complexity index is 407. The summed E-state index contributed by atoms with van der Waals surface area (Å²) in [6.07, 6.45) is 0. The Morgan fingerprint density at radius 1 is 1.37 bits per heavy atom. The van der Waals surface area contributed by atoms with Gasteiger partial charge in [-0.3, -0.25) is 9.69 Å². The van der Waals surface area contributed by atoms with Gasteiger partial charge >= 0.3 is 0 Å². The van der Waals surface area contributed by atoms with Crippen molar-refractivity contribution in [1.29, 1.82) is 0 Å². The van der Waals surface area contributed by atoms with Crippen LogP contribution in [-0.4, -0.2) is 37.6 Å². The molecular formula is C15H24N2O2. The molecule has 1 rings (SSSR count). The van der Waals surface area contributed by atoms with E-state index < -0.39 is 0 Å². The van der Waals surface area contributed by atoms with Crippen LogP contribution < -0.4 is 10.1 Å². The molecule has 0 aliphatic heterocycles. The van der Waals surface area contributed by atoms with Crippen LogP contribution in [0.5, 0.6) is 5.75 Å². The Hall–Kier alpha value is -1.55. The monoisotopic (exact) mass is 264 g/mol. The molecule has 4 nitrogen and oxygen atoms in total. The highest BCUT2D eigenvalue weighted by Crippen LogP contribution is 2.28. The zero-order chi connectivity index (χ0) is 14.3. The van der Waals surface area contributed by atoms with Crippen molar-refractivity contribution in [3.8, 4) is 5.75 Å². The topological polar surface area (TPSA) is 41.6 Å². The fourth-order valence-electron chi connectivity index (χ4n) is 2.17. The molecule has 1 aromatic rings. The largest absolute Gasteiger partial charge is 0.496 e. The van der Waals surface area contributed by atoms with Crippen LogP contribution in [0.2, 0.25) is 0 Å². The number of hydrogen-bond acceptors (Lipinski definition) is 3. The molecule has 0 saturated heterocycles. The number of nitrogens with zero attached hydrogens (tertiary/aromatic N) is 1. The number of para-hydroxylation sites is 1. The molecule has 1 N–H and O–H groups in total. The molecule has 0 heterocycles. The maximum absolute atomic E-state index is 11.7. The molecule has 0 aliphatic rings. The first-order valence-corrected chi connectivity index (χ1v) is 6.77. The lowest BCUT2D eigenvalue weighted by atomic mass is 10.1. The van der Waals surface area contributed by atoms with Gasteiger partial charge in [-0.05, 0) is 26.5 Å². The first kappa shape index (κ1) is 15.5. The van der Waals surface area contributed by atoms with E-state index in [-0.39, 0.29) is 11.9 Å². The summed E-state index contributed by atoms with van der Waals surface area (Å²) in [5, 5.41) is 2.83. The number of methoxy groups -OCH3 is 1. The molecule has 0 aliphatic carbocycles. The highest BCUT2D eigenvalue weighted by molar-refractivity contribution is 5.78. The third-order valence-corrected chi connectivity index (χ3v) is 3.26. The van der Waals surface area contributed by atoms with Crippen LogP contribution in [0, 0.1) is 0 Å². The predicted molar refractivity (Wildman–Crippen MR) is 77.3 cm³/mol. The van der Waals surface area contributed by atoms with Gasteiger partial charge in [-0.25, -0.2) is 0 Å². The van der Waals surface area contributed by atoms with Crippen molar-refractivity contribution in [1.82, 2.24) is 10.2 Å². The van der Waals surface area contributed by atoms with E-state index in [0.29, 0.717) is 13.1 Å². The number of benzene rings is 1. The standard InChI is InChI=1S/C15H24N2O2/c1-5-16-15(18)11-17(6-2)12(3)13-9-7-8-10-14(13)19-4/h7-10,12H,5-6,11H2,1-4H3,(H,16,18)/t12-/m0/s1. The highest BCUT2D eigenvalue weighted by atomic mass is 16.5. The number of carbonyl (C=O) groups excluding carboxylic acids is 1. The lowest BCUT2D eigenvalue weighted by Crippen LogP contribution is -2.38. The third-order valence-electron chi connectivity index (χ3n) is 3.26. The molecule has 0 fully saturated rings. The summed E-state index contributed by atoms with van der Waals surface area (Å²) in [7, 11) is 1.67. The fraction of sp³-hybridized carbons (Fsp3) is 0.533. The summed E-state index contributed by atoms with van der Waals surface area (Å²) in [6, 6.07) is 8.09. The number of nitrogens with one attached hydrogen (secondary N) is 1. The van der Waals surface area contributed by atoms with Crippen molar-refractivity contribution in [3.05, 3.63) is 29.8 Å². The van der Waals surface area contributed by atoms with E-state index in [0.717, 1.165) is 17.9 Å². The van der Waals surface area contributed by atoms with Crippen molar-refractivity contribution in [2.75, 3.05) is 26.7 Å². The normalized spacial score (nSPS) is 12.3. The van der Waals surface area contributed by atoms with Crippen LogP contribution in [0.3, 0.4) is 0 Å². The van der Waals surface area contributed by atoms with E-state index in [4.69, 9.17) is 4.74 Å². The minimum Gasteiger partial charge on any atom is -0.496 e. The minimum atomic E-state index is 0.0612. The SMILES string of the molecule is CCNC(=O)CN(CC)[C@@H](C)c1ccccc1OC. The first-order chi connectivity index (χ1) is 9.13. The second-order valence-electron chi connectivity index (χ2n) is 4.43. The lowest BCUT2D eigenvalue weighted by Gasteiger charge is -2.28. The van der Waals surface area contributed by atoms with E-state index in [9.17, 15) is 4.79 Å². The molecule has 0 unspecified atom stereocenters. The van der Waals surface area contributed by atoms with Crippen LogP contribution in [0.15, 0.2) is 24.3 Å². The molecule has 4 heteroatoms. The van der Waals surface area contributed by atoms with Gasteiger partial charge in [0.15, 0.2) is 0 Å². The van der Waals surface area contributed by atoms with Crippen LogP contribution in [0.4, 0.5) is 0 Å². The molecule has 0 radical (unpaired) electrons. The quantitative estimate of drug-likeness (QED) is 0.821. The first-order valence-electron chi connectivity index (χ1n) is 6.77. The highest BCUT2D eigenvalue weighted by Gasteiger charge is 2.19. The molecule has 1 atom stereocenters. The summed E-state index contributed by atoms with van der Waals surface area (Å²) in [5.41, 5.74) is 1.11. The second-order valence-corrected chi connectivity index (χ2v) is 4.43. The van der Waals surface area contributed by atoms with Crippen LogP contribution >= 0.6 is 0 Å². The fourth-order valence-corrected chi connectivity index (χ4v) is 2.17. The Labute approximate surface area is 115 Å². The Balaban J connectivity index is 2.82. The van der Waals surface area contributed by atoms with Crippen molar-refractivity contribution >= 4 is 5.91 Å². The van der Waals surface area contributed by atoms with E-state index in [1.807, 2.05) is 31.2 Å². The van der Waals surface area contributed by atoms with Gasteiger partial charge in [0.2, 0.25) is 5.91 Å². The predicted octanol–water partition coefficient (Wildman–Crippen LogP) is 2.21. The summed E-state index contributed by atoms with van der Waals surface area (Å²) < 4.78 is 5.39. The van der Waals surface area contributed by atoms with Gasteiger partial charge in [-0.15, -0.1) is 0 Å². The maximum Gasteiger partial charge on any atom is 0.234 e. The van der Waals surface area contributed by atoms with Gasteiger partial charge in [-0.2, -0.15) is 0 Å². The number of likely N-dealkylation sites (N-methyl/N-ethyl adjacent to an activating group) is 2. The van der Waals surface area contributed by atoms with Gasteiger partial charge in [0.05, 0.1) is 13.7 Å². The Kier molecular flexibility index (Phi) is 6.36. The number of amides is 1. The van der Waals surface area contributed by atoms with Gasteiger partial charge < -0.3 is 10.1 Å². The second kappa shape index (κ2) is 7.79. The molecule has 106 valence electrons. The zero-order valence-electron chi connectivity index (χ0n) is 12.3. The van der Waals surface area contributed by atoms with Crippen molar-refractivity contribution < 1.29 is 9.53 Å². The third kappa shape index (κ3) is 4.24. The molecule has 0 bridgehead atoms. The smallest absolute Gasteiger partial charge is 0.234 e. The van der Waals surface area contributed by atoms with Gasteiger partial charge in [0.1, 0.15) is 5.75 Å². The molecule has 1 aromatic carbocycles. The zero-order valence-corrected chi connectivity index (χ0v) is 12.3. The molecule has 0 spiro atoms. The van der Waals surface area contributed by atoms with Gasteiger partial charge in [0, 0.05) is 18.2 Å². The van der Waals surface area contributed by atoms with Crippen LogP contribution in [0.1, 0.15) is 32.4 Å². The lowest BCUT2D eigenvalue weighted by molar-refractivity contribution is -0.122. The van der Waals surface area contributed by atoms with Crippen molar-refractivity contribution in [3.63, 3.8) is 0 Å². The van der Waals surface area contributed by atoms with Crippen LogP contribution in [-0.2, 0) is 4.79 Å². The average Bonchev–Trinajstić information content (AvgIpc) is 2.44. The molecule has 1 amide bonds. The molecular weight excluding hydrogens is 240 g/mol. The maximum atomic E-state index is 11.7. The van der Waals surface area contributed by atoms with E-state index in [1.165, 1.54) is 0 Å². The van der Waals surface area contributed by atoms with E-state index in [1.54, 1.807) is 7.11 Å². The average molecular weight is 264 g/mol. The minimum absolute atomic E-state index is 0.0612. The summed E-state index contributed by atoms with van der Waals surface area (Å²) in [5.74, 6) is 0.926. The number of carbonyl (C=O) groups is 1. The summed E-state index contributed by atoms with van der Waals surface area (Å²) in [4.78, 5) is 13.8. The number of hydrogen-bond donors (Lipinski definition) is 1. The summed E-state index contributed by atoms with van der Waals surface area (Å²) in [6.45, 7) is 7.98. The number of ether oxygens (including phenoxy) is 1. The Morgan fingerprint density at radius 3 is 2.63 bits per heavy atom. The van der Waals surface area contributed by atoms with Crippen LogP contribution in [0.25, 0.3) is 0 Å². The van der Waals surface area contributed by atoms with E-state index in [2.05, 4.69) is 24.1 Å². The number of rotatable bonds is 7. The van der Waals surface area contributed by atoms with Crippen molar-refractivity contribution in [2.45, 2.75) is 26.8 Å². The molecule has 0 aromatic heterocycles. The summed E-state index contributed by atoms with van der Waals surface area (Å²) >= 11 is 0. The molecule has 19 heavy (non-hydrogen) atoms. The Morgan fingerprint density at radius 2 is 2.05 bits per heavy atom. The van der Waals surface area contributed by atoms with E-state index >= 15 is 0 Å². The molecule has 0 saturated carbocycles. The van der Waals surface area contributed by atoms with Gasteiger partial charge in [0.25, 0.3) is 0 Å². The van der Waals surface area contributed by atoms with Crippen molar-refractivity contribution in [2.24, 2.45) is 0 Å². The van der Waals surface area contributed by atoms with Gasteiger partial charge in [-0.1, -0.05) is 25.1 Å².